The van der Waals surface area contributed by atoms with Crippen LogP contribution in [0.3, 0.4) is 0 Å². The minimum Gasteiger partial charge on any atom is -0.306 e. The minimum atomic E-state index is 0.777. The minimum absolute atomic E-state index is 0.777. The van der Waals surface area contributed by atoms with Crippen LogP contribution in [0.15, 0.2) is 57.6 Å². The molecule has 2 nitrogen and oxygen atoms in total. The second kappa shape index (κ2) is 9.42. The van der Waals surface area contributed by atoms with Gasteiger partial charge in [-0.25, -0.2) is 0 Å². The quantitative estimate of drug-likeness (QED) is 0.582. The van der Waals surface area contributed by atoms with E-state index in [-0.39, 0.29) is 0 Å². The molecule has 1 aromatic carbocycles. The van der Waals surface area contributed by atoms with Crippen molar-refractivity contribution in [3.8, 4) is 0 Å². The Labute approximate surface area is 161 Å². The summed E-state index contributed by atoms with van der Waals surface area (Å²) in [6, 6.07) is 6.16. The summed E-state index contributed by atoms with van der Waals surface area (Å²) >= 11 is 8.02. The number of hydrogen-bond acceptors (Lipinski definition) is 3. The summed E-state index contributed by atoms with van der Waals surface area (Å²) in [6.07, 6.45) is 4.06. The van der Waals surface area contributed by atoms with Crippen molar-refractivity contribution in [3.63, 3.8) is 0 Å². The Balaban J connectivity index is 0.00000109. The maximum atomic E-state index is 6.22. The molecular weight excluding hydrogens is 348 g/mol. The average Bonchev–Trinajstić information content (AvgIpc) is 2.80. The Bertz CT molecular complexity index is 709. The Morgan fingerprint density at radius 1 is 1.24 bits per heavy atom. The van der Waals surface area contributed by atoms with Crippen LogP contribution in [0.25, 0.3) is 5.57 Å². The van der Waals surface area contributed by atoms with Crippen molar-refractivity contribution >= 4 is 35.7 Å². The molecule has 0 aliphatic carbocycles. The van der Waals surface area contributed by atoms with Crippen LogP contribution in [0.5, 0.6) is 0 Å². The first kappa shape index (κ1) is 20.0. The summed E-state index contributed by atoms with van der Waals surface area (Å²) in [4.78, 5) is 7.99. The summed E-state index contributed by atoms with van der Waals surface area (Å²) in [7, 11) is 2.18. The largest absolute Gasteiger partial charge is 0.306 e. The van der Waals surface area contributed by atoms with E-state index in [1.807, 2.05) is 26.0 Å². The lowest BCUT2D eigenvalue weighted by molar-refractivity contribution is 0.313. The monoisotopic (exact) mass is 374 g/mol. The van der Waals surface area contributed by atoms with Crippen molar-refractivity contribution in [2.45, 2.75) is 31.6 Å². The van der Waals surface area contributed by atoms with Gasteiger partial charge >= 0.3 is 0 Å². The van der Waals surface area contributed by atoms with Crippen molar-refractivity contribution in [1.82, 2.24) is 4.90 Å². The van der Waals surface area contributed by atoms with E-state index in [4.69, 9.17) is 11.6 Å². The number of hydrogen-bond donors (Lipinski definition) is 0. The zero-order chi connectivity index (χ0) is 18.4. The third kappa shape index (κ3) is 4.46. The van der Waals surface area contributed by atoms with Crippen molar-refractivity contribution in [2.75, 3.05) is 25.9 Å². The fourth-order valence-corrected chi connectivity index (χ4v) is 4.50. The first-order chi connectivity index (χ1) is 12.1. The van der Waals surface area contributed by atoms with E-state index in [2.05, 4.69) is 42.4 Å². The maximum absolute atomic E-state index is 6.22. The molecule has 4 heteroatoms. The highest BCUT2D eigenvalue weighted by atomic mass is 35.5. The molecule has 0 aromatic heterocycles. The Morgan fingerprint density at radius 2 is 1.92 bits per heavy atom. The molecule has 1 aromatic rings. The van der Waals surface area contributed by atoms with Gasteiger partial charge in [0.25, 0.3) is 0 Å². The van der Waals surface area contributed by atoms with Gasteiger partial charge in [0.05, 0.1) is 5.70 Å². The molecule has 25 heavy (non-hydrogen) atoms. The van der Waals surface area contributed by atoms with Gasteiger partial charge < -0.3 is 4.90 Å². The van der Waals surface area contributed by atoms with Gasteiger partial charge in [-0.1, -0.05) is 49.7 Å². The third-order valence-corrected chi connectivity index (χ3v) is 5.83. The number of fused-ring (bicyclic) bond motifs is 1. The highest BCUT2D eigenvalue weighted by molar-refractivity contribution is 7.99. The van der Waals surface area contributed by atoms with E-state index in [1.54, 1.807) is 11.8 Å². The van der Waals surface area contributed by atoms with Crippen LogP contribution >= 0.6 is 23.4 Å². The second-order valence-electron chi connectivity index (χ2n) is 5.95. The summed E-state index contributed by atoms with van der Waals surface area (Å²) in [5, 5.41) is 0.777. The Hall–Kier alpha value is -1.29. The molecule has 0 saturated carbocycles. The van der Waals surface area contributed by atoms with Gasteiger partial charge in [0.1, 0.15) is 0 Å². The third-order valence-electron chi connectivity index (χ3n) is 4.49. The first-order valence-corrected chi connectivity index (χ1v) is 10.2. The van der Waals surface area contributed by atoms with Gasteiger partial charge in [0.2, 0.25) is 0 Å². The number of allylic oxidation sites excluding steroid dienone is 2. The molecule has 0 radical (unpaired) electrons. The smallest absolute Gasteiger partial charge is 0.0740 e. The Kier molecular flexibility index (Phi) is 7.55. The number of piperidine rings is 1. The number of nitrogens with zero attached hydrogens (tertiary/aromatic N) is 2. The normalized spacial score (nSPS) is 18.1. The molecule has 0 amide bonds. The molecule has 0 N–H and O–H groups in total. The number of halogens is 1. The first-order valence-electron chi connectivity index (χ1n) is 8.80. The van der Waals surface area contributed by atoms with Gasteiger partial charge in [-0.15, -0.1) is 11.8 Å². The summed E-state index contributed by atoms with van der Waals surface area (Å²) in [6.45, 7) is 14.0. The molecule has 134 valence electrons. The number of benzene rings is 1. The maximum Gasteiger partial charge on any atom is 0.0740 e. The van der Waals surface area contributed by atoms with E-state index in [1.165, 1.54) is 21.6 Å². The zero-order valence-electron chi connectivity index (χ0n) is 15.4. The van der Waals surface area contributed by atoms with Crippen LogP contribution in [0, 0.1) is 0 Å². The molecule has 1 saturated heterocycles. The van der Waals surface area contributed by atoms with Crippen LogP contribution in [-0.4, -0.2) is 37.5 Å². The molecule has 1 fully saturated rings. The zero-order valence-corrected chi connectivity index (χ0v) is 17.0. The standard InChI is InChI=1S/C19H21ClN2S.C2H6/c1-4-13-12-23-17-11-15(20)5-6-16(17)18(19(13)21-2)14-7-9-22(3)10-8-14;1-2/h4-6,11H,1-2,7-10,12H2,3H3;1-2H3. The van der Waals surface area contributed by atoms with Crippen molar-refractivity contribution in [1.29, 1.82) is 0 Å². The van der Waals surface area contributed by atoms with E-state index in [9.17, 15) is 0 Å². The molecule has 2 aliphatic rings. The molecule has 0 unspecified atom stereocenters. The molecule has 2 aliphatic heterocycles. The fraction of sp³-hybridized carbons (Fsp3) is 0.381. The van der Waals surface area contributed by atoms with E-state index in [0.29, 0.717) is 0 Å². The predicted octanol–water partition coefficient (Wildman–Crippen LogP) is 6.09. The van der Waals surface area contributed by atoms with Crippen LogP contribution < -0.4 is 0 Å². The second-order valence-corrected chi connectivity index (χ2v) is 7.40. The van der Waals surface area contributed by atoms with E-state index in [0.717, 1.165) is 48.0 Å². The number of rotatable bonds is 2. The topological polar surface area (TPSA) is 15.6 Å². The number of aliphatic imine (C=N–C) groups is 1. The molecule has 0 spiro atoms. The molecule has 3 rings (SSSR count). The lowest BCUT2D eigenvalue weighted by Crippen LogP contribution is -2.27. The van der Waals surface area contributed by atoms with Crippen LogP contribution in [-0.2, 0) is 0 Å². The molecular formula is C21H27ClN2S. The highest BCUT2D eigenvalue weighted by Gasteiger charge is 2.24. The van der Waals surface area contributed by atoms with Crippen LogP contribution in [0.1, 0.15) is 32.3 Å². The van der Waals surface area contributed by atoms with Crippen molar-refractivity contribution in [3.05, 3.63) is 58.3 Å². The van der Waals surface area contributed by atoms with Crippen molar-refractivity contribution < 1.29 is 0 Å². The predicted molar refractivity (Wildman–Crippen MR) is 114 cm³/mol. The van der Waals surface area contributed by atoms with Gasteiger partial charge in [-0.2, -0.15) is 0 Å². The number of likely N-dealkylation sites (tertiary alicyclic amines) is 1. The molecule has 0 bridgehead atoms. The SMILES string of the molecule is C=CC1=C(N=C)C(=C2CCN(C)CC2)c2ccc(Cl)cc2SC1.CC. The Morgan fingerprint density at radius 3 is 2.52 bits per heavy atom. The van der Waals surface area contributed by atoms with Crippen LogP contribution in [0.2, 0.25) is 5.02 Å². The summed E-state index contributed by atoms with van der Waals surface area (Å²) in [5.74, 6) is 0.849. The summed E-state index contributed by atoms with van der Waals surface area (Å²) < 4.78 is 0. The highest BCUT2D eigenvalue weighted by Crippen LogP contribution is 2.43. The molecule has 2 heterocycles. The van der Waals surface area contributed by atoms with Gasteiger partial charge in [-0.05, 0) is 49.9 Å². The van der Waals surface area contributed by atoms with E-state index >= 15 is 0 Å². The lowest BCUT2D eigenvalue weighted by atomic mass is 9.89. The number of thioether (sulfide) groups is 1. The van der Waals surface area contributed by atoms with E-state index < -0.39 is 0 Å². The summed E-state index contributed by atoms with van der Waals surface area (Å²) in [5.41, 5.74) is 6.10. The van der Waals surface area contributed by atoms with Gasteiger partial charge in [0.15, 0.2) is 0 Å². The van der Waals surface area contributed by atoms with Gasteiger partial charge in [0, 0.05) is 34.3 Å². The lowest BCUT2D eigenvalue weighted by Gasteiger charge is -2.27. The van der Waals surface area contributed by atoms with Crippen molar-refractivity contribution in [2.24, 2.45) is 4.99 Å². The van der Waals surface area contributed by atoms with Crippen LogP contribution in [0.4, 0.5) is 0 Å². The molecule has 0 atom stereocenters. The fourth-order valence-electron chi connectivity index (χ4n) is 3.17. The van der Waals surface area contributed by atoms with Gasteiger partial charge in [-0.3, -0.25) is 4.99 Å². The average molecular weight is 375 g/mol.